The monoisotopic (exact) mass is 279 g/mol. The molecule has 1 heterocycles. The molecule has 0 aliphatic carbocycles. The second-order valence-corrected chi connectivity index (χ2v) is 4.78. The minimum atomic E-state index is -0.426. The molecule has 1 N–H and O–H groups in total. The summed E-state index contributed by atoms with van der Waals surface area (Å²) in [6.45, 7) is 2.58. The molecule has 0 fully saturated rings. The highest BCUT2D eigenvalue weighted by molar-refractivity contribution is 9.10. The molecule has 2 nitrogen and oxygen atoms in total. The Morgan fingerprint density at radius 1 is 1.25 bits per heavy atom. The van der Waals surface area contributed by atoms with Crippen molar-refractivity contribution in [3.8, 4) is 0 Å². The number of hydrogen-bond donors (Lipinski definition) is 1. The molecule has 16 heavy (non-hydrogen) atoms. The van der Waals surface area contributed by atoms with Crippen molar-refractivity contribution in [3.63, 3.8) is 0 Å². The van der Waals surface area contributed by atoms with E-state index in [-0.39, 0.29) is 0 Å². The van der Waals surface area contributed by atoms with Gasteiger partial charge in [-0.2, -0.15) is 0 Å². The molecular weight excluding hydrogens is 266 g/mol. The van der Waals surface area contributed by atoms with Gasteiger partial charge in [0.15, 0.2) is 0 Å². The van der Waals surface area contributed by atoms with Crippen LogP contribution in [0.5, 0.6) is 0 Å². The van der Waals surface area contributed by atoms with Gasteiger partial charge in [0.2, 0.25) is 0 Å². The fourth-order valence-corrected chi connectivity index (χ4v) is 2.00. The number of aromatic nitrogens is 1. The molecule has 2 rings (SSSR count). The lowest BCUT2D eigenvalue weighted by Crippen LogP contribution is -2.05. The first-order valence-corrected chi connectivity index (χ1v) is 6.03. The summed E-state index contributed by atoms with van der Waals surface area (Å²) >= 11 is 3.41. The largest absolute Gasteiger partial charge is 0.387 e. The Kier molecular flexibility index (Phi) is 3.46. The molecule has 0 spiro atoms. The molecule has 0 bridgehead atoms. The maximum absolute atomic E-state index is 9.59. The molecular formula is C13H14BrNO. The Labute approximate surface area is 104 Å². The van der Waals surface area contributed by atoms with Gasteiger partial charge in [0.05, 0.1) is 6.10 Å². The normalized spacial score (nSPS) is 12.7. The maximum atomic E-state index is 9.59. The fourth-order valence-electron chi connectivity index (χ4n) is 1.74. The van der Waals surface area contributed by atoms with Gasteiger partial charge in [-0.25, -0.2) is 0 Å². The van der Waals surface area contributed by atoms with E-state index >= 15 is 0 Å². The van der Waals surface area contributed by atoms with Crippen LogP contribution in [0.2, 0.25) is 0 Å². The van der Waals surface area contributed by atoms with Crippen molar-refractivity contribution in [2.24, 2.45) is 0 Å². The number of halogens is 1. The Hall–Kier alpha value is -1.06. The summed E-state index contributed by atoms with van der Waals surface area (Å²) in [4.78, 5) is 0. The lowest BCUT2D eigenvalue weighted by molar-refractivity contribution is 0.190. The Bertz CT molecular complexity index is 459. The quantitative estimate of drug-likeness (QED) is 0.916. The molecule has 0 aliphatic rings. The molecule has 0 saturated carbocycles. The van der Waals surface area contributed by atoms with Gasteiger partial charge in [-0.05, 0) is 36.8 Å². The van der Waals surface area contributed by atoms with E-state index < -0.39 is 6.10 Å². The van der Waals surface area contributed by atoms with Gasteiger partial charge < -0.3 is 9.67 Å². The van der Waals surface area contributed by atoms with Crippen LogP contribution >= 0.6 is 15.9 Å². The molecule has 0 saturated heterocycles. The molecule has 3 heteroatoms. The predicted octanol–water partition coefficient (Wildman–Crippen LogP) is 3.35. The average molecular weight is 280 g/mol. The third-order valence-electron chi connectivity index (χ3n) is 2.56. The number of aliphatic hydroxyl groups is 1. The van der Waals surface area contributed by atoms with Crippen LogP contribution in [0, 0.1) is 0 Å². The first kappa shape index (κ1) is 11.4. The van der Waals surface area contributed by atoms with Crippen LogP contribution in [0.3, 0.4) is 0 Å². The van der Waals surface area contributed by atoms with Gasteiger partial charge in [-0.15, -0.1) is 0 Å². The van der Waals surface area contributed by atoms with Crippen LogP contribution in [-0.2, 0) is 6.54 Å². The van der Waals surface area contributed by atoms with Gasteiger partial charge in [-0.3, -0.25) is 0 Å². The van der Waals surface area contributed by atoms with Crippen LogP contribution < -0.4 is 0 Å². The van der Waals surface area contributed by atoms with E-state index in [1.54, 1.807) is 6.92 Å². The van der Waals surface area contributed by atoms with Gasteiger partial charge >= 0.3 is 0 Å². The zero-order valence-electron chi connectivity index (χ0n) is 9.10. The van der Waals surface area contributed by atoms with Crippen molar-refractivity contribution >= 4 is 15.9 Å². The van der Waals surface area contributed by atoms with Crippen LogP contribution in [0.15, 0.2) is 47.1 Å². The third kappa shape index (κ3) is 2.54. The number of rotatable bonds is 3. The second kappa shape index (κ2) is 4.85. The van der Waals surface area contributed by atoms with Gasteiger partial charge in [-0.1, -0.05) is 28.1 Å². The lowest BCUT2D eigenvalue weighted by atomic mass is 10.2. The minimum Gasteiger partial charge on any atom is -0.387 e. The molecule has 0 radical (unpaired) electrons. The summed E-state index contributed by atoms with van der Waals surface area (Å²) in [5.41, 5.74) is 2.17. The summed E-state index contributed by atoms with van der Waals surface area (Å²) in [6.07, 6.45) is 1.56. The number of benzene rings is 1. The van der Waals surface area contributed by atoms with Crippen molar-refractivity contribution in [2.45, 2.75) is 19.6 Å². The van der Waals surface area contributed by atoms with Crippen LogP contribution in [-0.4, -0.2) is 9.67 Å². The van der Waals surface area contributed by atoms with Crippen molar-refractivity contribution in [3.05, 3.63) is 58.3 Å². The summed E-state index contributed by atoms with van der Waals surface area (Å²) < 4.78 is 3.15. The van der Waals surface area contributed by atoms with E-state index in [4.69, 9.17) is 0 Å². The standard InChI is InChI=1S/C13H14BrNO/c1-10(16)13-3-2-8-15(13)9-11-4-6-12(14)7-5-11/h2-8,10,16H,9H2,1H3. The molecule has 0 amide bonds. The zero-order chi connectivity index (χ0) is 11.5. The molecule has 1 aromatic carbocycles. The highest BCUT2D eigenvalue weighted by Crippen LogP contribution is 2.16. The first-order valence-electron chi connectivity index (χ1n) is 5.24. The molecule has 0 aliphatic heterocycles. The Morgan fingerprint density at radius 3 is 2.56 bits per heavy atom. The summed E-state index contributed by atoms with van der Waals surface area (Å²) in [5.74, 6) is 0. The van der Waals surface area contributed by atoms with Crippen LogP contribution in [0.1, 0.15) is 24.3 Å². The van der Waals surface area contributed by atoms with Crippen molar-refractivity contribution in [2.75, 3.05) is 0 Å². The third-order valence-corrected chi connectivity index (χ3v) is 3.09. The molecule has 1 atom stereocenters. The van der Waals surface area contributed by atoms with Crippen molar-refractivity contribution in [1.82, 2.24) is 4.57 Å². The van der Waals surface area contributed by atoms with Gasteiger partial charge in [0.1, 0.15) is 0 Å². The van der Waals surface area contributed by atoms with Gasteiger partial charge in [0.25, 0.3) is 0 Å². The molecule has 1 aromatic heterocycles. The van der Waals surface area contributed by atoms with Crippen molar-refractivity contribution in [1.29, 1.82) is 0 Å². The Balaban J connectivity index is 2.20. The highest BCUT2D eigenvalue weighted by atomic mass is 79.9. The van der Waals surface area contributed by atoms with E-state index in [2.05, 4.69) is 32.6 Å². The fraction of sp³-hybridized carbons (Fsp3) is 0.231. The van der Waals surface area contributed by atoms with Crippen molar-refractivity contribution < 1.29 is 5.11 Å². The average Bonchev–Trinajstić information content (AvgIpc) is 2.69. The SMILES string of the molecule is CC(O)c1cccn1Cc1ccc(Br)cc1. The molecule has 1 unspecified atom stereocenters. The minimum absolute atomic E-state index is 0.426. The van der Waals surface area contributed by atoms with E-state index in [9.17, 15) is 5.11 Å². The van der Waals surface area contributed by atoms with Crippen LogP contribution in [0.4, 0.5) is 0 Å². The lowest BCUT2D eigenvalue weighted by Gasteiger charge is -2.11. The number of nitrogens with zero attached hydrogens (tertiary/aromatic N) is 1. The predicted molar refractivity (Wildman–Crippen MR) is 68.3 cm³/mol. The summed E-state index contributed by atoms with van der Waals surface area (Å²) in [7, 11) is 0. The molecule has 84 valence electrons. The van der Waals surface area contributed by atoms with E-state index in [0.717, 1.165) is 16.7 Å². The Morgan fingerprint density at radius 2 is 1.94 bits per heavy atom. The van der Waals surface area contributed by atoms with Gasteiger partial charge in [0, 0.05) is 22.9 Å². The highest BCUT2D eigenvalue weighted by Gasteiger charge is 2.06. The number of hydrogen-bond acceptors (Lipinski definition) is 1. The topological polar surface area (TPSA) is 25.2 Å². The zero-order valence-corrected chi connectivity index (χ0v) is 10.7. The second-order valence-electron chi connectivity index (χ2n) is 3.86. The smallest absolute Gasteiger partial charge is 0.0911 e. The maximum Gasteiger partial charge on any atom is 0.0911 e. The number of aliphatic hydroxyl groups excluding tert-OH is 1. The summed E-state index contributed by atoms with van der Waals surface area (Å²) in [5, 5.41) is 9.59. The first-order chi connectivity index (χ1) is 7.66. The van der Waals surface area contributed by atoms with E-state index in [1.807, 2.05) is 30.5 Å². The summed E-state index contributed by atoms with van der Waals surface area (Å²) in [6, 6.07) is 12.1. The van der Waals surface area contributed by atoms with E-state index in [1.165, 1.54) is 5.56 Å². The van der Waals surface area contributed by atoms with Crippen LogP contribution in [0.25, 0.3) is 0 Å². The molecule has 2 aromatic rings. The van der Waals surface area contributed by atoms with E-state index in [0.29, 0.717) is 0 Å².